The lowest BCUT2D eigenvalue weighted by molar-refractivity contribution is -0.133. The first-order valence-corrected chi connectivity index (χ1v) is 9.80. The minimum atomic E-state index is -1.49. The molecule has 0 radical (unpaired) electrons. The molecular formula is C19H39N3O2. The van der Waals surface area contributed by atoms with Crippen LogP contribution in [0.2, 0.25) is 0 Å². The molecule has 0 aromatic heterocycles. The molecule has 0 aliphatic carbocycles. The molecule has 5 nitrogen and oxygen atoms in total. The van der Waals surface area contributed by atoms with Crippen LogP contribution in [0.1, 0.15) is 104 Å². The monoisotopic (exact) mass is 341 g/mol. The molecule has 0 aliphatic heterocycles. The number of nitrogens with one attached hydrogen (secondary N) is 1. The van der Waals surface area contributed by atoms with Crippen LogP contribution in [0.4, 0.5) is 0 Å². The molecule has 0 spiro atoms. The third kappa shape index (κ3) is 14.6. The molecule has 24 heavy (non-hydrogen) atoms. The summed E-state index contributed by atoms with van der Waals surface area (Å²) in [4.78, 5) is 23.0. The number of amides is 2. The van der Waals surface area contributed by atoms with Gasteiger partial charge in [-0.05, 0) is 13.3 Å². The summed E-state index contributed by atoms with van der Waals surface area (Å²) < 4.78 is 0. The Bertz CT molecular complexity index is 338. The van der Waals surface area contributed by atoms with Gasteiger partial charge in [0.2, 0.25) is 5.91 Å². The van der Waals surface area contributed by atoms with Crippen molar-refractivity contribution in [3.05, 3.63) is 0 Å². The van der Waals surface area contributed by atoms with Gasteiger partial charge < -0.3 is 11.5 Å². The number of imide groups is 1. The van der Waals surface area contributed by atoms with Gasteiger partial charge in [0.1, 0.15) is 5.66 Å². The van der Waals surface area contributed by atoms with Crippen LogP contribution in [0.25, 0.3) is 0 Å². The Labute approximate surface area is 148 Å². The predicted octanol–water partition coefficient (Wildman–Crippen LogP) is 3.74. The zero-order valence-electron chi connectivity index (χ0n) is 15.9. The normalized spacial score (nSPS) is 11.5. The fraction of sp³-hybridized carbons (Fsp3) is 0.895. The Morgan fingerprint density at radius 1 is 0.750 bits per heavy atom. The molecule has 0 aromatic rings. The fourth-order valence-electron chi connectivity index (χ4n) is 2.63. The maximum atomic E-state index is 11.6. The molecule has 2 amide bonds. The van der Waals surface area contributed by atoms with Gasteiger partial charge in [0, 0.05) is 6.42 Å². The first kappa shape index (κ1) is 23.1. The van der Waals surface area contributed by atoms with Crippen molar-refractivity contribution in [2.24, 2.45) is 11.5 Å². The van der Waals surface area contributed by atoms with Crippen molar-refractivity contribution in [1.82, 2.24) is 5.32 Å². The highest BCUT2D eigenvalue weighted by molar-refractivity contribution is 5.99. The molecule has 0 saturated heterocycles. The topological polar surface area (TPSA) is 98.2 Å². The van der Waals surface area contributed by atoms with Gasteiger partial charge in [-0.1, -0.05) is 84.0 Å². The Kier molecular flexibility index (Phi) is 13.8. The lowest BCUT2D eigenvalue weighted by atomic mass is 10.0. The van der Waals surface area contributed by atoms with Crippen LogP contribution in [0.5, 0.6) is 0 Å². The molecule has 5 N–H and O–H groups in total. The van der Waals surface area contributed by atoms with E-state index in [0.29, 0.717) is 6.42 Å². The maximum absolute atomic E-state index is 11.6. The third-order valence-corrected chi connectivity index (χ3v) is 4.25. The number of carbonyl (C=O) groups is 2. The van der Waals surface area contributed by atoms with Crippen LogP contribution < -0.4 is 16.8 Å². The van der Waals surface area contributed by atoms with Crippen LogP contribution >= 0.6 is 0 Å². The second kappa shape index (κ2) is 14.4. The summed E-state index contributed by atoms with van der Waals surface area (Å²) >= 11 is 0. The Hall–Kier alpha value is -0.940. The minimum Gasteiger partial charge on any atom is -0.306 e. The fourth-order valence-corrected chi connectivity index (χ4v) is 2.63. The quantitative estimate of drug-likeness (QED) is 0.312. The molecule has 0 saturated carbocycles. The summed E-state index contributed by atoms with van der Waals surface area (Å²) in [5.41, 5.74) is 9.34. The molecule has 0 rings (SSSR count). The van der Waals surface area contributed by atoms with E-state index in [1.165, 1.54) is 71.1 Å². The van der Waals surface area contributed by atoms with Gasteiger partial charge in [-0.2, -0.15) is 0 Å². The first-order chi connectivity index (χ1) is 11.4. The molecule has 0 aliphatic rings. The second-order valence-corrected chi connectivity index (χ2v) is 7.15. The van der Waals surface area contributed by atoms with Crippen molar-refractivity contribution < 1.29 is 9.59 Å². The summed E-state index contributed by atoms with van der Waals surface area (Å²) in [6.45, 7) is 3.63. The van der Waals surface area contributed by atoms with Crippen LogP contribution in [-0.4, -0.2) is 17.5 Å². The molecule has 0 atom stereocenters. The van der Waals surface area contributed by atoms with E-state index in [0.717, 1.165) is 19.3 Å². The Morgan fingerprint density at radius 3 is 1.50 bits per heavy atom. The molecular weight excluding hydrogens is 302 g/mol. The number of nitrogens with two attached hydrogens (primary N) is 2. The van der Waals surface area contributed by atoms with Crippen molar-refractivity contribution >= 4 is 11.8 Å². The zero-order valence-corrected chi connectivity index (χ0v) is 15.9. The highest BCUT2D eigenvalue weighted by Crippen LogP contribution is 2.12. The SMILES string of the molecule is CCCCCCCCCCCCCCCC(=O)NC(=O)C(C)(N)N. The minimum absolute atomic E-state index is 0.287. The molecule has 5 heteroatoms. The van der Waals surface area contributed by atoms with Gasteiger partial charge in [0.25, 0.3) is 5.91 Å². The number of hydrogen-bond acceptors (Lipinski definition) is 4. The van der Waals surface area contributed by atoms with Gasteiger partial charge in [-0.25, -0.2) is 0 Å². The molecule has 0 heterocycles. The highest BCUT2D eigenvalue weighted by Gasteiger charge is 2.23. The number of unbranched alkanes of at least 4 members (excludes halogenated alkanes) is 12. The first-order valence-electron chi connectivity index (χ1n) is 9.80. The van der Waals surface area contributed by atoms with Crippen molar-refractivity contribution in [1.29, 1.82) is 0 Å². The smallest absolute Gasteiger partial charge is 0.260 e. The zero-order chi connectivity index (χ0) is 18.3. The number of carbonyl (C=O) groups excluding carboxylic acids is 2. The van der Waals surface area contributed by atoms with E-state index in [1.807, 2.05) is 0 Å². The summed E-state index contributed by atoms with van der Waals surface area (Å²) in [5, 5.41) is 2.24. The van der Waals surface area contributed by atoms with E-state index in [1.54, 1.807) is 0 Å². The molecule has 0 bridgehead atoms. The summed E-state index contributed by atoms with van der Waals surface area (Å²) in [7, 11) is 0. The number of hydrogen-bond donors (Lipinski definition) is 3. The second-order valence-electron chi connectivity index (χ2n) is 7.15. The van der Waals surface area contributed by atoms with E-state index in [-0.39, 0.29) is 5.91 Å². The summed E-state index contributed by atoms with van der Waals surface area (Å²) in [5.74, 6) is -0.910. The van der Waals surface area contributed by atoms with Crippen molar-refractivity contribution in [2.45, 2.75) is 109 Å². The van der Waals surface area contributed by atoms with Gasteiger partial charge in [0.05, 0.1) is 0 Å². The number of rotatable bonds is 15. The van der Waals surface area contributed by atoms with Crippen LogP contribution in [-0.2, 0) is 9.59 Å². The van der Waals surface area contributed by atoms with Crippen LogP contribution in [0, 0.1) is 0 Å². The molecule has 0 fully saturated rings. The van der Waals surface area contributed by atoms with Crippen LogP contribution in [0.15, 0.2) is 0 Å². The standard InChI is InChI=1S/C19H39N3O2/c1-3-4-5-6-7-8-9-10-11-12-13-14-15-16-17(23)22-18(24)19(2,20)21/h3-16,20-21H2,1-2H3,(H,22,23,24). The summed E-state index contributed by atoms with van der Waals surface area (Å²) in [6, 6.07) is 0. The van der Waals surface area contributed by atoms with Crippen molar-refractivity contribution in [2.75, 3.05) is 0 Å². The Morgan fingerprint density at radius 2 is 1.12 bits per heavy atom. The van der Waals surface area contributed by atoms with Crippen molar-refractivity contribution in [3.63, 3.8) is 0 Å². The van der Waals surface area contributed by atoms with Crippen LogP contribution in [0.3, 0.4) is 0 Å². The van der Waals surface area contributed by atoms with E-state index < -0.39 is 11.6 Å². The molecule has 142 valence electrons. The lowest BCUT2D eigenvalue weighted by Crippen LogP contribution is -2.59. The van der Waals surface area contributed by atoms with E-state index in [2.05, 4.69) is 12.2 Å². The Balaban J connectivity index is 3.31. The van der Waals surface area contributed by atoms with Gasteiger partial charge in [-0.3, -0.25) is 14.9 Å². The highest BCUT2D eigenvalue weighted by atomic mass is 16.2. The predicted molar refractivity (Wildman–Crippen MR) is 100 cm³/mol. The average molecular weight is 342 g/mol. The maximum Gasteiger partial charge on any atom is 0.260 e. The molecule has 0 aromatic carbocycles. The third-order valence-electron chi connectivity index (χ3n) is 4.25. The average Bonchev–Trinajstić information content (AvgIpc) is 2.51. The van der Waals surface area contributed by atoms with E-state index in [4.69, 9.17) is 11.5 Å². The lowest BCUT2D eigenvalue weighted by Gasteiger charge is -2.16. The summed E-state index contributed by atoms with van der Waals surface area (Å²) in [6.07, 6.45) is 16.8. The van der Waals surface area contributed by atoms with E-state index >= 15 is 0 Å². The largest absolute Gasteiger partial charge is 0.306 e. The van der Waals surface area contributed by atoms with Gasteiger partial charge in [-0.15, -0.1) is 0 Å². The van der Waals surface area contributed by atoms with Gasteiger partial charge >= 0.3 is 0 Å². The molecule has 0 unspecified atom stereocenters. The van der Waals surface area contributed by atoms with Gasteiger partial charge in [0.15, 0.2) is 0 Å². The van der Waals surface area contributed by atoms with E-state index in [9.17, 15) is 9.59 Å². The van der Waals surface area contributed by atoms with Crippen molar-refractivity contribution in [3.8, 4) is 0 Å².